The third kappa shape index (κ3) is 6.93. The number of hydrogen-bond acceptors (Lipinski definition) is 7. The topological polar surface area (TPSA) is 99.7 Å². The number of nitrogens with one attached hydrogen (secondary N) is 3. The molecule has 0 aromatic heterocycles. The van der Waals surface area contributed by atoms with Crippen LogP contribution in [0.4, 0.5) is 0 Å². The Bertz CT molecular complexity index is 891. The Balaban J connectivity index is 1.14. The molecular weight excluding hydrogens is 522 g/mol. The zero-order chi connectivity index (χ0) is 27.7. The highest BCUT2D eigenvalue weighted by molar-refractivity contribution is 7.86. The summed E-state index contributed by atoms with van der Waals surface area (Å²) in [6.45, 7) is 1.86. The van der Waals surface area contributed by atoms with Gasteiger partial charge in [0.2, 0.25) is 0 Å². The monoisotopic (exact) mass is 579 g/mol. The molecule has 0 aromatic carbocycles. The van der Waals surface area contributed by atoms with Crippen molar-refractivity contribution in [1.82, 2.24) is 16.0 Å². The zero-order valence-corrected chi connectivity index (χ0v) is 25.8. The molecule has 1 heterocycles. The van der Waals surface area contributed by atoms with E-state index in [1.807, 2.05) is 6.92 Å². The predicted octanol–water partition coefficient (Wildman–Crippen LogP) is 5.25. The van der Waals surface area contributed by atoms with Crippen LogP contribution in [0.3, 0.4) is 0 Å². The summed E-state index contributed by atoms with van der Waals surface area (Å²) in [7, 11) is -3.52. The lowest BCUT2D eigenvalue weighted by Crippen LogP contribution is -2.73. The third-order valence-corrected chi connectivity index (χ3v) is 13.6. The molecule has 0 spiro atoms. The maximum Gasteiger partial charge on any atom is 0.267 e. The molecule has 11 unspecified atom stereocenters. The first-order chi connectivity index (χ1) is 19.4. The van der Waals surface area contributed by atoms with Crippen LogP contribution >= 0.6 is 0 Å². The van der Waals surface area contributed by atoms with Crippen molar-refractivity contribution in [1.29, 1.82) is 0 Å². The maximum atomic E-state index is 12.3. The van der Waals surface area contributed by atoms with Gasteiger partial charge in [-0.1, -0.05) is 58.3 Å². The second-order valence-corrected chi connectivity index (χ2v) is 16.4. The number of aliphatic hydroxyl groups excluding tert-OH is 1. The van der Waals surface area contributed by atoms with Crippen LogP contribution in [0.5, 0.6) is 0 Å². The summed E-state index contributed by atoms with van der Waals surface area (Å²) in [6, 6.07) is 0. The van der Waals surface area contributed by atoms with Crippen LogP contribution in [0, 0.1) is 41.4 Å². The molecule has 0 bridgehead atoms. The standard InChI is InChI=1S/C32H57N3O4S/c1-2-17-40(37,38)39-27-15-16-28(29(36)20-27)32-34-30(25-13-11-21-7-3-5-9-23(21)18-25)33-31(35-32)26-14-12-22-8-4-6-10-24(22)19-26/h21-36H,2-20H2,1H3. The molecule has 1 aliphatic heterocycles. The number of aliphatic hydroxyl groups is 1. The van der Waals surface area contributed by atoms with E-state index in [0.29, 0.717) is 31.1 Å². The van der Waals surface area contributed by atoms with E-state index < -0.39 is 22.3 Å². The van der Waals surface area contributed by atoms with Gasteiger partial charge in [-0.3, -0.25) is 20.1 Å². The van der Waals surface area contributed by atoms with Gasteiger partial charge in [-0.25, -0.2) is 0 Å². The van der Waals surface area contributed by atoms with Gasteiger partial charge in [0, 0.05) is 12.3 Å². The van der Waals surface area contributed by atoms with Crippen molar-refractivity contribution in [2.45, 2.75) is 153 Å². The summed E-state index contributed by atoms with van der Waals surface area (Å²) in [4.78, 5) is 0. The smallest absolute Gasteiger partial charge is 0.267 e. The Morgan fingerprint density at radius 1 is 0.625 bits per heavy atom. The SMILES string of the molecule is CCCS(=O)(=O)OC1CCC(C2NC(C3CCC4CCCCC4C3)NC(C3CCC4CCCCC4C3)N2)C(O)C1. The molecule has 8 heteroatoms. The van der Waals surface area contributed by atoms with Gasteiger partial charge in [0.05, 0.1) is 36.5 Å². The van der Waals surface area contributed by atoms with Crippen LogP contribution in [0.15, 0.2) is 0 Å². The van der Waals surface area contributed by atoms with Gasteiger partial charge in [0.15, 0.2) is 0 Å². The van der Waals surface area contributed by atoms with E-state index in [9.17, 15) is 13.5 Å². The Kier molecular flexibility index (Phi) is 9.81. The average molecular weight is 580 g/mol. The van der Waals surface area contributed by atoms with Gasteiger partial charge in [-0.15, -0.1) is 0 Å². The van der Waals surface area contributed by atoms with Gasteiger partial charge in [0.1, 0.15) is 0 Å². The van der Waals surface area contributed by atoms with E-state index in [-0.39, 0.29) is 30.2 Å². The molecule has 11 atom stereocenters. The van der Waals surface area contributed by atoms with Crippen molar-refractivity contribution in [3.05, 3.63) is 0 Å². The van der Waals surface area contributed by atoms with Crippen molar-refractivity contribution in [2.75, 3.05) is 5.75 Å². The molecular formula is C32H57N3O4S. The molecule has 230 valence electrons. The van der Waals surface area contributed by atoms with Crippen molar-refractivity contribution in [2.24, 2.45) is 41.4 Å². The van der Waals surface area contributed by atoms with Gasteiger partial charge in [-0.05, 0) is 93.3 Å². The van der Waals surface area contributed by atoms with Crippen molar-refractivity contribution in [3.8, 4) is 0 Å². The van der Waals surface area contributed by atoms with E-state index in [0.717, 1.165) is 30.1 Å². The first-order valence-electron chi connectivity index (χ1n) is 17.3. The van der Waals surface area contributed by atoms with Crippen LogP contribution in [0.2, 0.25) is 0 Å². The summed E-state index contributed by atoms with van der Waals surface area (Å²) in [5, 5.41) is 23.4. The zero-order valence-electron chi connectivity index (χ0n) is 24.9. The van der Waals surface area contributed by atoms with E-state index >= 15 is 0 Å². The Hall–Kier alpha value is -0.250. The largest absolute Gasteiger partial charge is 0.393 e. The van der Waals surface area contributed by atoms with Crippen molar-refractivity contribution in [3.63, 3.8) is 0 Å². The molecule has 6 fully saturated rings. The Morgan fingerprint density at radius 2 is 1.12 bits per heavy atom. The van der Waals surface area contributed by atoms with Crippen molar-refractivity contribution >= 4 is 10.1 Å². The molecule has 7 nitrogen and oxygen atoms in total. The molecule has 40 heavy (non-hydrogen) atoms. The molecule has 0 radical (unpaired) electrons. The lowest BCUT2D eigenvalue weighted by atomic mass is 9.66. The quantitative estimate of drug-likeness (QED) is 0.306. The van der Waals surface area contributed by atoms with Crippen LogP contribution in [0.25, 0.3) is 0 Å². The maximum absolute atomic E-state index is 12.3. The van der Waals surface area contributed by atoms with Crippen molar-refractivity contribution < 1.29 is 17.7 Å². The fourth-order valence-corrected chi connectivity index (χ4v) is 11.2. The number of fused-ring (bicyclic) bond motifs is 2. The second kappa shape index (κ2) is 13.2. The third-order valence-electron chi connectivity index (χ3n) is 12.2. The highest BCUT2D eigenvalue weighted by Crippen LogP contribution is 2.46. The predicted molar refractivity (Wildman–Crippen MR) is 159 cm³/mol. The first kappa shape index (κ1) is 29.8. The highest BCUT2D eigenvalue weighted by Gasteiger charge is 2.46. The van der Waals surface area contributed by atoms with E-state index in [4.69, 9.17) is 4.18 Å². The highest BCUT2D eigenvalue weighted by atomic mass is 32.2. The second-order valence-electron chi connectivity index (χ2n) is 14.7. The van der Waals surface area contributed by atoms with Gasteiger partial charge >= 0.3 is 0 Å². The molecule has 0 amide bonds. The molecule has 0 aromatic rings. The molecule has 5 saturated carbocycles. The minimum atomic E-state index is -3.52. The summed E-state index contributed by atoms with van der Waals surface area (Å²) in [5.41, 5.74) is 0. The molecule has 6 rings (SSSR count). The number of hydrogen-bond donors (Lipinski definition) is 4. The lowest BCUT2D eigenvalue weighted by Gasteiger charge is -2.52. The van der Waals surface area contributed by atoms with E-state index in [1.165, 1.54) is 89.9 Å². The fourth-order valence-electron chi connectivity index (χ4n) is 10.1. The first-order valence-corrected chi connectivity index (χ1v) is 18.8. The molecule has 6 aliphatic rings. The fraction of sp³-hybridized carbons (Fsp3) is 1.00. The van der Waals surface area contributed by atoms with Gasteiger partial charge in [-0.2, -0.15) is 8.42 Å². The summed E-state index contributed by atoms with van der Waals surface area (Å²) in [6.07, 6.45) is 21.5. The Morgan fingerprint density at radius 3 is 1.65 bits per heavy atom. The minimum Gasteiger partial charge on any atom is -0.393 e. The van der Waals surface area contributed by atoms with E-state index in [2.05, 4.69) is 16.0 Å². The summed E-state index contributed by atoms with van der Waals surface area (Å²) in [5.74, 6) is 5.09. The van der Waals surface area contributed by atoms with Crippen LogP contribution in [-0.4, -0.2) is 50.0 Å². The van der Waals surface area contributed by atoms with Gasteiger partial charge in [0.25, 0.3) is 10.1 Å². The molecule has 1 saturated heterocycles. The normalized spacial score (nSPS) is 46.8. The number of rotatable bonds is 7. The molecule has 5 aliphatic carbocycles. The van der Waals surface area contributed by atoms with Gasteiger partial charge < -0.3 is 5.11 Å². The summed E-state index contributed by atoms with van der Waals surface area (Å²) >= 11 is 0. The van der Waals surface area contributed by atoms with Crippen LogP contribution in [-0.2, 0) is 14.3 Å². The Labute approximate surface area is 243 Å². The molecule has 4 N–H and O–H groups in total. The van der Waals surface area contributed by atoms with Crippen LogP contribution < -0.4 is 16.0 Å². The lowest BCUT2D eigenvalue weighted by molar-refractivity contribution is -0.0355. The minimum absolute atomic E-state index is 0.0487. The van der Waals surface area contributed by atoms with Crippen LogP contribution in [0.1, 0.15) is 122 Å². The van der Waals surface area contributed by atoms with E-state index in [1.54, 1.807) is 0 Å². The summed E-state index contributed by atoms with van der Waals surface area (Å²) < 4.78 is 30.1. The average Bonchev–Trinajstić information content (AvgIpc) is 2.96.